The van der Waals surface area contributed by atoms with E-state index in [1.165, 1.54) is 38.6 Å². The lowest BCUT2D eigenvalue weighted by atomic mass is 9.93. The first kappa shape index (κ1) is 15.4. The van der Waals surface area contributed by atoms with Gasteiger partial charge in [0.25, 0.3) is 0 Å². The van der Waals surface area contributed by atoms with Crippen molar-refractivity contribution in [3.8, 4) is 0 Å². The minimum atomic E-state index is 1.24. The first-order valence-corrected chi connectivity index (χ1v) is 8.63. The van der Waals surface area contributed by atoms with Gasteiger partial charge in [-0.2, -0.15) is 0 Å². The van der Waals surface area contributed by atoms with Crippen LogP contribution >= 0.6 is 0 Å². The highest BCUT2D eigenvalue weighted by Gasteiger charge is 2.06. The van der Waals surface area contributed by atoms with Crippen molar-refractivity contribution < 1.29 is 0 Å². The average molecular weight is 320 g/mol. The van der Waals surface area contributed by atoms with Gasteiger partial charge in [-0.1, -0.05) is 103 Å². The van der Waals surface area contributed by atoms with E-state index in [4.69, 9.17) is 0 Å². The fourth-order valence-corrected chi connectivity index (χ4v) is 3.22. The summed E-state index contributed by atoms with van der Waals surface area (Å²) in [5.41, 5.74) is 6.25. The van der Waals surface area contributed by atoms with Gasteiger partial charge in [0.15, 0.2) is 0 Å². The monoisotopic (exact) mass is 320 g/mol. The van der Waals surface area contributed by atoms with E-state index >= 15 is 0 Å². The second-order valence-electron chi connectivity index (χ2n) is 6.36. The van der Waals surface area contributed by atoms with Gasteiger partial charge in [0, 0.05) is 0 Å². The minimum absolute atomic E-state index is 1.24. The van der Waals surface area contributed by atoms with Gasteiger partial charge in [-0.25, -0.2) is 0 Å². The maximum Gasteiger partial charge on any atom is -0.0105 e. The fraction of sp³-hybridized carbons (Fsp3) is 0.0400. The summed E-state index contributed by atoms with van der Waals surface area (Å²) in [5, 5.41) is 2.55. The maximum absolute atomic E-state index is 2.31. The van der Waals surface area contributed by atoms with Gasteiger partial charge in [-0.15, -0.1) is 0 Å². The molecule has 0 radical (unpaired) electrons. The lowest BCUT2D eigenvalue weighted by molar-refractivity contribution is 1.45. The Morgan fingerprint density at radius 2 is 1.24 bits per heavy atom. The van der Waals surface area contributed by atoms with Crippen LogP contribution in [0.3, 0.4) is 0 Å². The van der Waals surface area contributed by atoms with Crippen molar-refractivity contribution in [2.24, 2.45) is 0 Å². The van der Waals surface area contributed by atoms with Crippen LogP contribution in [0.1, 0.15) is 22.3 Å². The van der Waals surface area contributed by atoms with Gasteiger partial charge in [0.1, 0.15) is 0 Å². The molecule has 0 fully saturated rings. The van der Waals surface area contributed by atoms with Crippen LogP contribution < -0.4 is 0 Å². The summed E-state index contributed by atoms with van der Waals surface area (Å²) in [6.07, 6.45) is 2.31. The molecule has 0 bridgehead atoms. The molecule has 0 spiro atoms. The highest BCUT2D eigenvalue weighted by atomic mass is 14.1. The average Bonchev–Trinajstić information content (AvgIpc) is 2.68. The molecule has 0 unspecified atom stereocenters. The number of aryl methyl sites for hydroxylation is 1. The third-order valence-corrected chi connectivity index (χ3v) is 4.57. The molecule has 0 amide bonds. The maximum atomic E-state index is 2.31. The van der Waals surface area contributed by atoms with Crippen LogP contribution in [0.15, 0.2) is 97.1 Å². The van der Waals surface area contributed by atoms with Crippen LogP contribution in [0, 0.1) is 6.92 Å². The molecule has 4 aromatic carbocycles. The van der Waals surface area contributed by atoms with E-state index in [0.29, 0.717) is 0 Å². The highest BCUT2D eigenvalue weighted by molar-refractivity contribution is 5.99. The van der Waals surface area contributed by atoms with E-state index in [9.17, 15) is 0 Å². The van der Waals surface area contributed by atoms with Crippen molar-refractivity contribution in [3.63, 3.8) is 0 Å². The van der Waals surface area contributed by atoms with Crippen LogP contribution in [0.25, 0.3) is 22.4 Å². The molecule has 0 N–H and O–H groups in total. The Hall–Kier alpha value is -3.12. The van der Waals surface area contributed by atoms with E-state index in [-0.39, 0.29) is 0 Å². The smallest absolute Gasteiger partial charge is 0.0105 e. The number of fused-ring (bicyclic) bond motifs is 1. The predicted molar refractivity (Wildman–Crippen MR) is 109 cm³/mol. The number of hydrogen-bond donors (Lipinski definition) is 0. The molecule has 0 aliphatic carbocycles. The molecule has 0 atom stereocenters. The van der Waals surface area contributed by atoms with E-state index in [1.54, 1.807) is 0 Å². The molecule has 0 aromatic heterocycles. The lowest BCUT2D eigenvalue weighted by Gasteiger charge is -2.11. The number of benzene rings is 4. The summed E-state index contributed by atoms with van der Waals surface area (Å²) in [7, 11) is 0. The zero-order valence-electron chi connectivity index (χ0n) is 14.3. The zero-order valence-corrected chi connectivity index (χ0v) is 14.3. The predicted octanol–water partition coefficient (Wildman–Crippen LogP) is 6.74. The molecular weight excluding hydrogens is 300 g/mol. The topological polar surface area (TPSA) is 0 Å². The van der Waals surface area contributed by atoms with Gasteiger partial charge in [0.05, 0.1) is 0 Å². The molecule has 0 heteroatoms. The van der Waals surface area contributed by atoms with Crippen LogP contribution in [-0.2, 0) is 0 Å². The summed E-state index contributed by atoms with van der Waals surface area (Å²) in [6, 6.07) is 34.4. The van der Waals surface area contributed by atoms with Crippen molar-refractivity contribution in [1.29, 1.82) is 0 Å². The summed E-state index contributed by atoms with van der Waals surface area (Å²) in [4.78, 5) is 0. The minimum Gasteiger partial charge on any atom is -0.0622 e. The molecule has 0 aliphatic heterocycles. The molecule has 0 saturated carbocycles. The van der Waals surface area contributed by atoms with Crippen molar-refractivity contribution in [2.75, 3.05) is 0 Å². The standard InChI is InChI=1S/C25H20/c1-19-14-16-22(17-15-19)25(21-8-3-2-4-9-21)18-23-12-7-11-20-10-5-6-13-24(20)23/h2-18H,1H3/b25-18-. The van der Waals surface area contributed by atoms with Crippen molar-refractivity contribution in [3.05, 3.63) is 119 Å². The molecule has 4 rings (SSSR count). The first-order chi connectivity index (χ1) is 12.3. The largest absolute Gasteiger partial charge is 0.0622 e. The van der Waals surface area contributed by atoms with Gasteiger partial charge in [-0.05, 0) is 46.0 Å². The molecule has 4 aromatic rings. The van der Waals surface area contributed by atoms with Gasteiger partial charge in [-0.3, -0.25) is 0 Å². The number of hydrogen-bond acceptors (Lipinski definition) is 0. The van der Waals surface area contributed by atoms with E-state index in [0.717, 1.165) is 0 Å². The molecule has 120 valence electrons. The molecular formula is C25H20. The Balaban J connectivity index is 1.93. The summed E-state index contributed by atoms with van der Waals surface area (Å²) < 4.78 is 0. The van der Waals surface area contributed by atoms with Crippen LogP contribution in [0.4, 0.5) is 0 Å². The van der Waals surface area contributed by atoms with Crippen molar-refractivity contribution >= 4 is 22.4 Å². The van der Waals surface area contributed by atoms with Gasteiger partial charge < -0.3 is 0 Å². The second-order valence-corrected chi connectivity index (χ2v) is 6.36. The Morgan fingerprint density at radius 1 is 0.600 bits per heavy atom. The Bertz CT molecular complexity index is 1020. The van der Waals surface area contributed by atoms with Crippen LogP contribution in [-0.4, -0.2) is 0 Å². The Kier molecular flexibility index (Phi) is 4.18. The third kappa shape index (κ3) is 3.25. The molecule has 0 aliphatic rings. The van der Waals surface area contributed by atoms with Gasteiger partial charge >= 0.3 is 0 Å². The van der Waals surface area contributed by atoms with E-state index < -0.39 is 0 Å². The summed E-state index contributed by atoms with van der Waals surface area (Å²) in [5.74, 6) is 0. The van der Waals surface area contributed by atoms with E-state index in [2.05, 4.69) is 110 Å². The van der Waals surface area contributed by atoms with E-state index in [1.807, 2.05) is 0 Å². The number of rotatable bonds is 3. The SMILES string of the molecule is Cc1ccc(/C(=C\c2cccc3ccccc23)c2ccccc2)cc1. The Morgan fingerprint density at radius 3 is 2.04 bits per heavy atom. The molecule has 0 heterocycles. The third-order valence-electron chi connectivity index (χ3n) is 4.57. The normalized spacial score (nSPS) is 11.6. The van der Waals surface area contributed by atoms with Crippen molar-refractivity contribution in [2.45, 2.75) is 6.92 Å². The van der Waals surface area contributed by atoms with Crippen molar-refractivity contribution in [1.82, 2.24) is 0 Å². The quantitative estimate of drug-likeness (QED) is 0.367. The summed E-state index contributed by atoms with van der Waals surface area (Å²) in [6.45, 7) is 2.13. The van der Waals surface area contributed by atoms with Crippen LogP contribution in [0.5, 0.6) is 0 Å². The zero-order chi connectivity index (χ0) is 17.1. The Labute approximate surface area is 149 Å². The second kappa shape index (κ2) is 6.78. The first-order valence-electron chi connectivity index (χ1n) is 8.63. The van der Waals surface area contributed by atoms with Gasteiger partial charge in [0.2, 0.25) is 0 Å². The molecule has 0 nitrogen and oxygen atoms in total. The highest BCUT2D eigenvalue weighted by Crippen LogP contribution is 2.29. The fourth-order valence-electron chi connectivity index (χ4n) is 3.22. The summed E-state index contributed by atoms with van der Waals surface area (Å²) >= 11 is 0. The molecule has 0 saturated heterocycles. The molecule has 25 heavy (non-hydrogen) atoms. The van der Waals surface area contributed by atoms with Crippen LogP contribution in [0.2, 0.25) is 0 Å². The lowest BCUT2D eigenvalue weighted by Crippen LogP contribution is -1.89.